The molecule has 2 bridgehead atoms. The molecule has 3 aliphatic rings. The minimum Gasteiger partial charge on any atom is -0.506 e. The Kier molecular flexibility index (Phi) is 32.4. The molecule has 458 valence electrons. The van der Waals surface area contributed by atoms with Crippen LogP contribution in [0, 0.1) is 0 Å². The van der Waals surface area contributed by atoms with Crippen molar-refractivity contribution in [3.8, 4) is 0 Å². The van der Waals surface area contributed by atoms with Crippen LogP contribution in [0.2, 0.25) is 0 Å². The highest BCUT2D eigenvalue weighted by atomic mass is 16.7. The van der Waals surface area contributed by atoms with Crippen LogP contribution in [0.3, 0.4) is 0 Å². The SMILES string of the molecule is OCCC1OC(O)C(O)C(O)C(CCO)OC(O)C(O)C(O)C(CCO)OC(O)C(O)C(O)C(CCO)OC2OC(CO)C(OC(O)C(O)C(O)C(CCO)OC(O)C(O)C(O)C(CCO)OC(O)C(O)=C1O)C(O)C2O. The fraction of sp³-hybridized carbons (Fsp3) is 0.952. The van der Waals surface area contributed by atoms with E-state index < -0.39 is 262 Å². The highest BCUT2D eigenvalue weighted by Gasteiger charge is 2.50. The summed E-state index contributed by atoms with van der Waals surface area (Å²) >= 11 is 0. The van der Waals surface area contributed by atoms with E-state index in [1.165, 1.54) is 0 Å². The molecule has 1 saturated heterocycles. The molecular formula is C42H80O35. The highest BCUT2D eigenvalue weighted by molar-refractivity contribution is 5.07. The number of aliphatic hydroxyl groups is 27. The minimum atomic E-state index is -2.80. The van der Waals surface area contributed by atoms with E-state index in [9.17, 15) is 138 Å². The largest absolute Gasteiger partial charge is 0.506 e. The fourth-order valence-corrected chi connectivity index (χ4v) is 7.86. The minimum absolute atomic E-state index is 0.682. The molecule has 27 N–H and O–H groups in total. The van der Waals surface area contributed by atoms with E-state index in [1.54, 1.807) is 0 Å². The quantitative estimate of drug-likeness (QED) is 0.0814. The van der Waals surface area contributed by atoms with Gasteiger partial charge in [0.15, 0.2) is 49.3 Å². The van der Waals surface area contributed by atoms with Crippen molar-refractivity contribution in [2.75, 3.05) is 46.2 Å². The van der Waals surface area contributed by atoms with Crippen LogP contribution in [-0.4, -0.2) is 350 Å². The number of ether oxygens (including phenoxy) is 8. The van der Waals surface area contributed by atoms with Crippen LogP contribution in [0.25, 0.3) is 0 Å². The third kappa shape index (κ3) is 20.2. The van der Waals surface area contributed by atoms with Gasteiger partial charge in [0, 0.05) is 46.1 Å². The molecule has 1 fully saturated rings. The van der Waals surface area contributed by atoms with Gasteiger partial charge in [-0.3, -0.25) is 0 Å². The summed E-state index contributed by atoms with van der Waals surface area (Å²) in [5.41, 5.74) is 0. The van der Waals surface area contributed by atoms with Gasteiger partial charge in [-0.1, -0.05) is 0 Å². The molecule has 77 heavy (non-hydrogen) atoms. The van der Waals surface area contributed by atoms with Crippen molar-refractivity contribution in [2.45, 2.75) is 205 Å². The molecule has 35 heteroatoms. The van der Waals surface area contributed by atoms with Gasteiger partial charge in [-0.2, -0.15) is 0 Å². The third-order valence-electron chi connectivity index (χ3n) is 12.4. The Labute approximate surface area is 437 Å². The van der Waals surface area contributed by atoms with E-state index in [4.69, 9.17) is 37.9 Å². The highest BCUT2D eigenvalue weighted by Crippen LogP contribution is 2.30. The lowest BCUT2D eigenvalue weighted by Crippen LogP contribution is -2.63. The maximum atomic E-state index is 11.1. The van der Waals surface area contributed by atoms with Gasteiger partial charge in [-0.25, -0.2) is 0 Å². The summed E-state index contributed by atoms with van der Waals surface area (Å²) in [6.45, 7) is -6.69. The average Bonchev–Trinajstić information content (AvgIpc) is 3.40. The number of fused-ring (bicyclic) bond motifs is 31. The van der Waals surface area contributed by atoms with Gasteiger partial charge in [0.1, 0.15) is 91.6 Å². The van der Waals surface area contributed by atoms with E-state index in [2.05, 4.69) is 0 Å². The molecule has 0 aromatic rings. The van der Waals surface area contributed by atoms with Crippen LogP contribution >= 0.6 is 0 Å². The van der Waals surface area contributed by atoms with Crippen molar-refractivity contribution in [3.05, 3.63) is 11.5 Å². The standard InChI is InChI=1S/C42H80O35/c43-7-1-14-21(50)29(58)37(65)72-16(3-9-45)23(52)31(60)39(67)74-18(5-11-47)25(54)33(62)41(69)77-35-20(13-49)76-42(34(63)27(35)56)75-19(6-12-48)26(55)32(61)40(68)73-17(4-10-46)24(53)30(59)38(66)71-15(2-8-44)22(51)28(57)36(64)70-14/h14-20,22-28,30-69H,1-13H2. The van der Waals surface area contributed by atoms with Crippen molar-refractivity contribution in [2.24, 2.45) is 0 Å². The molecule has 0 aromatic carbocycles. The summed E-state index contributed by atoms with van der Waals surface area (Å²) < 4.78 is 41.8. The summed E-state index contributed by atoms with van der Waals surface area (Å²) in [4.78, 5) is 0. The first kappa shape index (κ1) is 71.1. The molecule has 0 aromatic heterocycles. The van der Waals surface area contributed by atoms with Gasteiger partial charge < -0.3 is 176 Å². The van der Waals surface area contributed by atoms with E-state index in [-0.39, 0.29) is 0 Å². The molecule has 0 radical (unpaired) electrons. The number of rotatable bonds is 13. The summed E-state index contributed by atoms with van der Waals surface area (Å²) in [6, 6.07) is 0. The van der Waals surface area contributed by atoms with E-state index in [1.807, 2.05) is 0 Å². The maximum Gasteiger partial charge on any atom is 0.217 e. The first-order valence-corrected chi connectivity index (χ1v) is 24.1. The predicted molar refractivity (Wildman–Crippen MR) is 240 cm³/mol. The molecule has 27 atom stereocenters. The lowest BCUT2D eigenvalue weighted by molar-refractivity contribution is -0.347. The van der Waals surface area contributed by atoms with Crippen molar-refractivity contribution in [3.63, 3.8) is 0 Å². The Bertz CT molecular complexity index is 1610. The van der Waals surface area contributed by atoms with Crippen molar-refractivity contribution in [1.82, 2.24) is 0 Å². The second-order valence-electron chi connectivity index (χ2n) is 17.9. The molecule has 0 amide bonds. The number of aliphatic hydroxyl groups excluding tert-OH is 27. The first-order chi connectivity index (χ1) is 36.2. The second-order valence-corrected chi connectivity index (χ2v) is 17.9. The monoisotopic (exact) mass is 1140 g/mol. The van der Waals surface area contributed by atoms with Crippen LogP contribution in [0.4, 0.5) is 0 Å². The normalized spacial score (nSPS) is 44.4. The Hall–Kier alpha value is -1.98. The third-order valence-corrected chi connectivity index (χ3v) is 12.4. The molecular weight excluding hydrogens is 1060 g/mol. The van der Waals surface area contributed by atoms with Gasteiger partial charge >= 0.3 is 0 Å². The number of hydrogen-bond acceptors (Lipinski definition) is 35. The van der Waals surface area contributed by atoms with Gasteiger partial charge in [0.25, 0.3) is 0 Å². The molecule has 0 spiro atoms. The first-order valence-electron chi connectivity index (χ1n) is 24.1. The zero-order valence-corrected chi connectivity index (χ0v) is 41.1. The van der Waals surface area contributed by atoms with Crippen LogP contribution in [0.1, 0.15) is 38.5 Å². The Morgan fingerprint density at radius 3 is 0.870 bits per heavy atom. The topological polar surface area (TPSA) is 620 Å². The second kappa shape index (κ2) is 35.1. The molecule has 3 heterocycles. The molecule has 27 unspecified atom stereocenters. The Morgan fingerprint density at radius 1 is 0.260 bits per heavy atom. The summed E-state index contributed by atoms with van der Waals surface area (Å²) in [7, 11) is 0. The summed E-state index contributed by atoms with van der Waals surface area (Å²) in [5.74, 6) is -3.13. The lowest BCUT2D eigenvalue weighted by Gasteiger charge is -2.44. The van der Waals surface area contributed by atoms with Crippen molar-refractivity contribution >= 4 is 0 Å². The van der Waals surface area contributed by atoms with E-state index >= 15 is 0 Å². The van der Waals surface area contributed by atoms with Crippen LogP contribution in [0.5, 0.6) is 0 Å². The molecule has 3 aliphatic heterocycles. The molecule has 3 rings (SSSR count). The summed E-state index contributed by atoms with van der Waals surface area (Å²) in [5, 5.41) is 286. The van der Waals surface area contributed by atoms with Crippen molar-refractivity contribution in [1.29, 1.82) is 0 Å². The molecule has 35 nitrogen and oxygen atoms in total. The maximum absolute atomic E-state index is 11.1. The van der Waals surface area contributed by atoms with Gasteiger partial charge in [-0.05, 0) is 32.1 Å². The Morgan fingerprint density at radius 2 is 0.545 bits per heavy atom. The van der Waals surface area contributed by atoms with Gasteiger partial charge in [0.05, 0.1) is 37.1 Å². The lowest BCUT2D eigenvalue weighted by atomic mass is 9.97. The van der Waals surface area contributed by atoms with Gasteiger partial charge in [-0.15, -0.1) is 0 Å². The zero-order valence-electron chi connectivity index (χ0n) is 41.1. The van der Waals surface area contributed by atoms with Crippen molar-refractivity contribution < 1.29 is 176 Å². The fourth-order valence-electron chi connectivity index (χ4n) is 7.86. The predicted octanol–water partition coefficient (Wildman–Crippen LogP) is -13.7. The molecule has 0 aliphatic carbocycles. The molecule has 0 saturated carbocycles. The summed E-state index contributed by atoms with van der Waals surface area (Å²) in [6.07, 6.45) is -69.0. The zero-order chi connectivity index (χ0) is 58.6. The average molecular weight is 1150 g/mol. The van der Waals surface area contributed by atoms with Crippen LogP contribution < -0.4 is 0 Å². The number of hydrogen-bond donors (Lipinski definition) is 27. The van der Waals surface area contributed by atoms with E-state index in [0.717, 1.165) is 0 Å². The van der Waals surface area contributed by atoms with Crippen LogP contribution in [0.15, 0.2) is 11.5 Å². The van der Waals surface area contributed by atoms with Gasteiger partial charge in [0.2, 0.25) is 6.29 Å². The van der Waals surface area contributed by atoms with Crippen LogP contribution in [-0.2, 0) is 37.9 Å². The smallest absolute Gasteiger partial charge is 0.217 e. The van der Waals surface area contributed by atoms with E-state index in [0.29, 0.717) is 0 Å². The Balaban J connectivity index is 2.68.